The molecule has 0 bridgehead atoms. The summed E-state index contributed by atoms with van der Waals surface area (Å²) in [4.78, 5) is 18.2. The van der Waals surface area contributed by atoms with E-state index in [1.165, 1.54) is 18.3 Å². The molecule has 20 heavy (non-hydrogen) atoms. The van der Waals surface area contributed by atoms with E-state index in [0.717, 1.165) is 12.1 Å². The molecule has 2 heterocycles. The number of nitrogens with one attached hydrogen (secondary N) is 1. The number of fused-ring (bicyclic) bond motifs is 1. The SMILES string of the molecule is O=c1[nH]c2ncccc2c(O)c1-c1c(F)cccc1F. The first-order valence-corrected chi connectivity index (χ1v) is 5.74. The standard InChI is InChI=1S/C14H8F2N2O2/c15-8-4-1-5-9(16)10(8)11-12(19)7-3-2-6-17-13(7)18-14(11)20/h1-6H,(H2,17,18,19,20). The fourth-order valence-electron chi connectivity index (χ4n) is 2.08. The van der Waals surface area contributed by atoms with E-state index in [4.69, 9.17) is 0 Å². The molecule has 1 aromatic carbocycles. The minimum Gasteiger partial charge on any atom is -0.506 e. The molecule has 6 heteroatoms. The Morgan fingerprint density at radius 2 is 1.75 bits per heavy atom. The van der Waals surface area contributed by atoms with Gasteiger partial charge in [-0.05, 0) is 24.3 Å². The molecule has 0 saturated heterocycles. The maximum atomic E-state index is 13.8. The second kappa shape index (κ2) is 4.41. The van der Waals surface area contributed by atoms with Gasteiger partial charge < -0.3 is 10.1 Å². The lowest BCUT2D eigenvalue weighted by atomic mass is 10.0. The van der Waals surface area contributed by atoms with Gasteiger partial charge >= 0.3 is 0 Å². The summed E-state index contributed by atoms with van der Waals surface area (Å²) in [6.45, 7) is 0. The van der Waals surface area contributed by atoms with Gasteiger partial charge in [-0.2, -0.15) is 0 Å². The number of nitrogens with zero attached hydrogens (tertiary/aromatic N) is 1. The van der Waals surface area contributed by atoms with Crippen LogP contribution in [0.1, 0.15) is 0 Å². The van der Waals surface area contributed by atoms with Crippen LogP contribution >= 0.6 is 0 Å². The summed E-state index contributed by atoms with van der Waals surface area (Å²) in [6.07, 6.45) is 1.43. The van der Waals surface area contributed by atoms with Gasteiger partial charge in [-0.3, -0.25) is 4.79 Å². The van der Waals surface area contributed by atoms with Crippen LogP contribution in [0.4, 0.5) is 8.78 Å². The Kier molecular flexibility index (Phi) is 2.71. The van der Waals surface area contributed by atoms with E-state index in [9.17, 15) is 18.7 Å². The van der Waals surface area contributed by atoms with Crippen LogP contribution in [0.25, 0.3) is 22.2 Å². The minimum absolute atomic E-state index is 0.149. The molecule has 2 aromatic heterocycles. The van der Waals surface area contributed by atoms with Crippen LogP contribution in [-0.2, 0) is 0 Å². The van der Waals surface area contributed by atoms with E-state index < -0.39 is 34.1 Å². The molecule has 0 aliphatic carbocycles. The summed E-state index contributed by atoms with van der Waals surface area (Å²) in [6, 6.07) is 6.26. The number of benzene rings is 1. The van der Waals surface area contributed by atoms with Gasteiger partial charge in [0.25, 0.3) is 5.56 Å². The van der Waals surface area contributed by atoms with Crippen molar-refractivity contribution < 1.29 is 13.9 Å². The smallest absolute Gasteiger partial charge is 0.261 e. The van der Waals surface area contributed by atoms with Crippen molar-refractivity contribution in [1.29, 1.82) is 0 Å². The number of pyridine rings is 2. The third-order valence-electron chi connectivity index (χ3n) is 2.97. The predicted octanol–water partition coefficient (Wildman–Crippen LogP) is 2.57. The molecule has 100 valence electrons. The van der Waals surface area contributed by atoms with E-state index in [2.05, 4.69) is 9.97 Å². The van der Waals surface area contributed by atoms with Crippen LogP contribution in [0.5, 0.6) is 5.75 Å². The zero-order valence-electron chi connectivity index (χ0n) is 10.0. The topological polar surface area (TPSA) is 66.0 Å². The number of hydrogen-bond acceptors (Lipinski definition) is 3. The monoisotopic (exact) mass is 274 g/mol. The van der Waals surface area contributed by atoms with E-state index in [0.29, 0.717) is 0 Å². The first-order chi connectivity index (χ1) is 9.59. The lowest BCUT2D eigenvalue weighted by Crippen LogP contribution is -2.11. The highest BCUT2D eigenvalue weighted by atomic mass is 19.1. The molecule has 0 amide bonds. The van der Waals surface area contributed by atoms with Crippen molar-refractivity contribution in [1.82, 2.24) is 9.97 Å². The average Bonchev–Trinajstić information content (AvgIpc) is 2.42. The van der Waals surface area contributed by atoms with E-state index >= 15 is 0 Å². The Bertz CT molecular complexity index is 854. The predicted molar refractivity (Wildman–Crippen MR) is 69.4 cm³/mol. The largest absolute Gasteiger partial charge is 0.506 e. The van der Waals surface area contributed by atoms with Crippen molar-refractivity contribution in [3.63, 3.8) is 0 Å². The van der Waals surface area contributed by atoms with Crippen LogP contribution in [0.15, 0.2) is 41.3 Å². The van der Waals surface area contributed by atoms with Crippen LogP contribution in [0.2, 0.25) is 0 Å². The van der Waals surface area contributed by atoms with Gasteiger partial charge in [0.15, 0.2) is 0 Å². The Labute approximate surface area is 111 Å². The molecule has 0 unspecified atom stereocenters. The number of aromatic amines is 1. The Morgan fingerprint density at radius 1 is 1.05 bits per heavy atom. The molecule has 2 N–H and O–H groups in total. The summed E-state index contributed by atoms with van der Waals surface area (Å²) in [5.41, 5.74) is -1.66. The molecular weight excluding hydrogens is 266 g/mol. The number of H-pyrrole nitrogens is 1. The minimum atomic E-state index is -0.922. The number of aromatic nitrogens is 2. The first kappa shape index (κ1) is 12.3. The summed E-state index contributed by atoms with van der Waals surface area (Å²) in [7, 11) is 0. The number of rotatable bonds is 1. The van der Waals surface area contributed by atoms with Crippen LogP contribution in [0, 0.1) is 11.6 Å². The van der Waals surface area contributed by atoms with Gasteiger partial charge in [-0.25, -0.2) is 13.8 Å². The van der Waals surface area contributed by atoms with Gasteiger partial charge in [0, 0.05) is 6.20 Å². The highest BCUT2D eigenvalue weighted by Gasteiger charge is 2.20. The normalized spacial score (nSPS) is 10.9. The lowest BCUT2D eigenvalue weighted by Gasteiger charge is -2.08. The number of aromatic hydroxyl groups is 1. The quantitative estimate of drug-likeness (QED) is 0.716. The number of hydrogen-bond donors (Lipinski definition) is 2. The summed E-state index contributed by atoms with van der Waals surface area (Å²) in [5, 5.41) is 10.4. The van der Waals surface area contributed by atoms with Crippen molar-refractivity contribution >= 4 is 11.0 Å². The van der Waals surface area contributed by atoms with Crippen LogP contribution in [0.3, 0.4) is 0 Å². The van der Waals surface area contributed by atoms with Gasteiger partial charge in [0.2, 0.25) is 0 Å². The Balaban J connectivity index is 2.46. The third-order valence-corrected chi connectivity index (χ3v) is 2.97. The van der Waals surface area contributed by atoms with Gasteiger partial charge in [0.1, 0.15) is 23.0 Å². The highest BCUT2D eigenvalue weighted by molar-refractivity contribution is 5.89. The van der Waals surface area contributed by atoms with Crippen LogP contribution < -0.4 is 5.56 Å². The lowest BCUT2D eigenvalue weighted by molar-refractivity contribution is 0.480. The van der Waals surface area contributed by atoms with E-state index in [1.54, 1.807) is 6.07 Å². The molecule has 0 aliphatic heterocycles. The second-order valence-corrected chi connectivity index (χ2v) is 4.17. The maximum Gasteiger partial charge on any atom is 0.261 e. The molecule has 0 saturated carbocycles. The molecule has 0 spiro atoms. The second-order valence-electron chi connectivity index (χ2n) is 4.17. The molecular formula is C14H8F2N2O2. The molecule has 0 radical (unpaired) electrons. The molecule has 0 fully saturated rings. The van der Waals surface area contributed by atoms with Gasteiger partial charge in [-0.1, -0.05) is 6.07 Å². The summed E-state index contributed by atoms with van der Waals surface area (Å²) in [5.74, 6) is -2.34. The van der Waals surface area contributed by atoms with Crippen molar-refractivity contribution in [2.45, 2.75) is 0 Å². The van der Waals surface area contributed by atoms with Gasteiger partial charge in [0.05, 0.1) is 16.5 Å². The highest BCUT2D eigenvalue weighted by Crippen LogP contribution is 2.33. The van der Waals surface area contributed by atoms with Crippen molar-refractivity contribution in [2.75, 3.05) is 0 Å². The van der Waals surface area contributed by atoms with Gasteiger partial charge in [-0.15, -0.1) is 0 Å². The average molecular weight is 274 g/mol. The fraction of sp³-hybridized carbons (Fsp3) is 0. The zero-order chi connectivity index (χ0) is 14.3. The summed E-state index contributed by atoms with van der Waals surface area (Å²) < 4.78 is 27.6. The summed E-state index contributed by atoms with van der Waals surface area (Å²) >= 11 is 0. The van der Waals surface area contributed by atoms with Crippen molar-refractivity contribution in [3.05, 3.63) is 58.5 Å². The number of halogens is 2. The van der Waals surface area contributed by atoms with Crippen molar-refractivity contribution in [3.8, 4) is 16.9 Å². The Morgan fingerprint density at radius 3 is 2.45 bits per heavy atom. The molecule has 0 atom stereocenters. The van der Waals surface area contributed by atoms with E-state index in [1.807, 2.05) is 0 Å². The molecule has 0 aliphatic rings. The molecule has 3 aromatic rings. The maximum absolute atomic E-state index is 13.8. The Hall–Kier alpha value is -2.76. The fourth-order valence-corrected chi connectivity index (χ4v) is 2.08. The third kappa shape index (κ3) is 1.73. The van der Waals surface area contributed by atoms with Crippen LogP contribution in [-0.4, -0.2) is 15.1 Å². The first-order valence-electron chi connectivity index (χ1n) is 5.74. The molecule has 4 nitrogen and oxygen atoms in total. The zero-order valence-corrected chi connectivity index (χ0v) is 10.0. The van der Waals surface area contributed by atoms with Crippen molar-refractivity contribution in [2.24, 2.45) is 0 Å². The molecule has 3 rings (SSSR count). The van der Waals surface area contributed by atoms with E-state index in [-0.39, 0.29) is 11.0 Å².